The van der Waals surface area contributed by atoms with Crippen molar-refractivity contribution in [3.05, 3.63) is 87.6 Å². The molecule has 0 N–H and O–H groups in total. The number of nitrogens with zero attached hydrogens (tertiary/aromatic N) is 3. The van der Waals surface area contributed by atoms with Crippen molar-refractivity contribution >= 4 is 54.0 Å². The molecule has 2 amide bonds. The number of allylic oxidation sites excluding steroid dienone is 5. The smallest absolute Gasteiger partial charge is 0.363 e. The van der Waals surface area contributed by atoms with E-state index < -0.39 is 88.9 Å². The molecule has 3 fully saturated rings. The molecule has 4 aliphatic heterocycles. The minimum absolute atomic E-state index is 0.00769. The van der Waals surface area contributed by atoms with E-state index in [4.69, 9.17) is 26.8 Å². The van der Waals surface area contributed by atoms with Gasteiger partial charge in [-0.05, 0) is 75.7 Å². The van der Waals surface area contributed by atoms with E-state index in [1.165, 1.54) is 36.4 Å². The number of anilines is 1. The molecular formula is C35H35N3O6Si. The Bertz CT molecular complexity index is 2460. The van der Waals surface area contributed by atoms with Crippen molar-refractivity contribution in [3.8, 4) is 0 Å². The number of carbonyl (C=O) groups is 4. The molecule has 10 heteroatoms. The van der Waals surface area contributed by atoms with Gasteiger partial charge in [0.25, 0.3) is 11.8 Å². The van der Waals surface area contributed by atoms with Crippen LogP contribution in [0.3, 0.4) is 0 Å². The minimum atomic E-state index is -3.49. The third-order valence-electron chi connectivity index (χ3n) is 8.13. The molecule has 0 atom stereocenters. The van der Waals surface area contributed by atoms with E-state index in [1.54, 1.807) is 13.1 Å². The van der Waals surface area contributed by atoms with Crippen molar-refractivity contribution in [2.75, 3.05) is 30.9 Å². The quantitative estimate of drug-likeness (QED) is 0.282. The van der Waals surface area contributed by atoms with Crippen LogP contribution in [0.25, 0.3) is 5.57 Å². The number of amides is 2. The molecule has 0 unspecified atom stereocenters. The molecule has 2 aromatic rings. The Balaban J connectivity index is 1.54. The Morgan fingerprint density at radius 2 is 1.64 bits per heavy atom. The Labute approximate surface area is 285 Å². The Morgan fingerprint density at radius 1 is 0.933 bits per heavy atom. The van der Waals surface area contributed by atoms with Crippen LogP contribution in [0.2, 0.25) is 13.1 Å². The van der Waals surface area contributed by atoms with Gasteiger partial charge in [0.2, 0.25) is 0 Å². The van der Waals surface area contributed by atoms with Crippen molar-refractivity contribution in [1.82, 2.24) is 5.06 Å². The molecule has 0 spiro atoms. The molecule has 0 bridgehead atoms. The molecular weight excluding hydrogens is 586 g/mol. The summed E-state index contributed by atoms with van der Waals surface area (Å²) < 4.78 is 137. The molecule has 230 valence electrons. The standard InChI is InChI=1S/C35H35N3O6Si/c1-45(2)29-20-23(36-15-3-4-16-36)8-11-26(29)33(27-12-9-24(21-30(27)45)37-17-5-6-18-37)28-19-22(7-10-25(28)34(41)42)35(43)44-38-31(39)13-14-32(38)40/h7-12,19-21H,3-6,13-18H2,1-2H3/i3D2,4D2,5D2,6D2,15D2,16D2,17D2,18D2. The van der Waals surface area contributed by atoms with Crippen LogP contribution < -0.4 is 15.2 Å². The van der Waals surface area contributed by atoms with E-state index in [1.807, 2.05) is 0 Å². The van der Waals surface area contributed by atoms with Gasteiger partial charge in [-0.2, -0.15) is 0 Å². The largest absolute Gasteiger partial charge is 0.545 e. The molecule has 7 rings (SSSR count). The van der Waals surface area contributed by atoms with Crippen LogP contribution in [-0.2, 0) is 14.4 Å². The maximum atomic E-state index is 13.4. The minimum Gasteiger partial charge on any atom is -0.545 e. The number of imide groups is 1. The van der Waals surface area contributed by atoms with Gasteiger partial charge in [0.05, 0.1) is 11.5 Å². The van der Waals surface area contributed by atoms with Crippen molar-refractivity contribution < 1.29 is 55.6 Å². The second kappa shape index (κ2) is 11.1. The lowest BCUT2D eigenvalue weighted by Gasteiger charge is -2.38. The predicted molar refractivity (Wildman–Crippen MR) is 170 cm³/mol. The molecule has 45 heavy (non-hydrogen) atoms. The van der Waals surface area contributed by atoms with Crippen LogP contribution in [-0.4, -0.2) is 73.2 Å². The first-order chi connectivity index (χ1) is 27.7. The summed E-state index contributed by atoms with van der Waals surface area (Å²) in [5.74, 6) is -4.59. The normalized spacial score (nSPS) is 34.8. The van der Waals surface area contributed by atoms with Crippen LogP contribution in [0.1, 0.15) is 92.1 Å². The van der Waals surface area contributed by atoms with Crippen molar-refractivity contribution in [2.24, 2.45) is 0 Å². The van der Waals surface area contributed by atoms with Crippen LogP contribution in [0, 0.1) is 0 Å². The van der Waals surface area contributed by atoms with Gasteiger partial charge in [-0.3, -0.25) is 9.59 Å². The first-order valence-electron chi connectivity index (χ1n) is 21.9. The van der Waals surface area contributed by atoms with Gasteiger partial charge in [0, 0.05) is 78.4 Å². The summed E-state index contributed by atoms with van der Waals surface area (Å²) in [6.07, 6.45) is -10.3. The monoisotopic (exact) mass is 637 g/mol. The van der Waals surface area contributed by atoms with E-state index in [0.717, 1.165) is 18.2 Å². The Kier molecular flexibility index (Phi) is 3.98. The summed E-state index contributed by atoms with van der Waals surface area (Å²) in [4.78, 5) is 56.1. The summed E-state index contributed by atoms with van der Waals surface area (Å²) in [5, 5.41) is 13.6. The SMILES string of the molecule is [2H]C1([2H])N(c2ccc3c(c2)[Si](C)(C)C2=CC(=[N+]4C([2H])([2H])C([2H])([2H])C([2H])([2H])C4([2H])[2H])C=CC2=C3c2cc(C(=O)ON3C(=O)CCC3=O)ccc2C(=O)[O-])C([2H])([2H])C([2H])([2H])C1([2H])[2H]. The second-order valence-corrected chi connectivity index (χ2v) is 15.4. The number of fused-ring (bicyclic) bond motifs is 2. The number of rotatable bonds is 5. The third-order valence-corrected chi connectivity index (χ3v) is 11.6. The lowest BCUT2D eigenvalue weighted by molar-refractivity contribution is -0.504. The summed E-state index contributed by atoms with van der Waals surface area (Å²) >= 11 is 0. The fourth-order valence-electron chi connectivity index (χ4n) is 5.89. The summed E-state index contributed by atoms with van der Waals surface area (Å²) in [6, 6.07) is 6.90. The number of hydroxylamine groups is 2. The predicted octanol–water partition coefficient (Wildman–Crippen LogP) is 2.88. The van der Waals surface area contributed by atoms with Gasteiger partial charge in [-0.1, -0.05) is 25.2 Å². The summed E-state index contributed by atoms with van der Waals surface area (Å²) in [5.41, 5.74) is -1.39. The lowest BCUT2D eigenvalue weighted by atomic mass is 9.86. The topological polar surface area (TPSA) is 110 Å². The number of aromatic carboxylic acids is 1. The van der Waals surface area contributed by atoms with E-state index in [9.17, 15) is 24.3 Å². The van der Waals surface area contributed by atoms with E-state index in [2.05, 4.69) is 0 Å². The Hall–Kier alpha value is -4.57. The second-order valence-electron chi connectivity index (χ2n) is 11.1. The van der Waals surface area contributed by atoms with Crippen LogP contribution >= 0.6 is 0 Å². The molecule has 0 aromatic heterocycles. The fourth-order valence-corrected chi connectivity index (χ4v) is 8.96. The zero-order chi connectivity index (χ0) is 45.8. The van der Waals surface area contributed by atoms with E-state index >= 15 is 0 Å². The highest BCUT2D eigenvalue weighted by atomic mass is 28.3. The highest BCUT2D eigenvalue weighted by molar-refractivity contribution is 6.98. The Morgan fingerprint density at radius 3 is 2.33 bits per heavy atom. The van der Waals surface area contributed by atoms with Gasteiger partial charge >= 0.3 is 5.97 Å². The van der Waals surface area contributed by atoms with Gasteiger partial charge in [-0.25, -0.2) is 9.37 Å². The molecule has 3 saturated heterocycles. The molecule has 0 radical (unpaired) electrons. The maximum absolute atomic E-state index is 13.4. The third kappa shape index (κ3) is 4.97. The number of carboxylic acid groups (broad SMARTS) is 1. The highest BCUT2D eigenvalue weighted by Gasteiger charge is 2.42. The number of carbonyl (C=O) groups excluding carboxylic acids is 4. The van der Waals surface area contributed by atoms with Crippen LogP contribution in [0.5, 0.6) is 0 Å². The lowest BCUT2D eigenvalue weighted by Crippen LogP contribution is -2.50. The van der Waals surface area contributed by atoms with Crippen molar-refractivity contribution in [3.63, 3.8) is 0 Å². The number of hydrogen-bond donors (Lipinski definition) is 0. The van der Waals surface area contributed by atoms with E-state index in [-0.39, 0.29) is 67.5 Å². The number of hydrogen-bond acceptors (Lipinski definition) is 7. The van der Waals surface area contributed by atoms with Gasteiger partial charge in [0.15, 0.2) is 5.71 Å². The molecule has 4 heterocycles. The van der Waals surface area contributed by atoms with Crippen molar-refractivity contribution in [1.29, 1.82) is 0 Å². The zero-order valence-corrected chi connectivity index (χ0v) is 24.9. The van der Waals surface area contributed by atoms with Crippen molar-refractivity contribution in [2.45, 2.75) is 51.4 Å². The average molecular weight is 638 g/mol. The number of benzene rings is 2. The molecule has 0 saturated carbocycles. The molecule has 2 aromatic carbocycles. The van der Waals surface area contributed by atoms with Gasteiger partial charge < -0.3 is 19.6 Å². The first kappa shape index (κ1) is 16.1. The van der Waals surface area contributed by atoms with Gasteiger partial charge in [0.1, 0.15) is 26.6 Å². The zero-order valence-electron chi connectivity index (χ0n) is 39.9. The first-order valence-corrected chi connectivity index (χ1v) is 16.9. The summed E-state index contributed by atoms with van der Waals surface area (Å²) in [7, 11) is -3.49. The highest BCUT2D eigenvalue weighted by Crippen LogP contribution is 2.43. The van der Waals surface area contributed by atoms with Crippen LogP contribution in [0.15, 0.2) is 65.4 Å². The molecule has 5 aliphatic rings. The summed E-state index contributed by atoms with van der Waals surface area (Å²) in [6.45, 7) is -9.83. The molecule has 9 nitrogen and oxygen atoms in total. The fraction of sp³-hybridized carbons (Fsp3) is 0.343. The van der Waals surface area contributed by atoms with E-state index in [0.29, 0.717) is 9.48 Å². The van der Waals surface area contributed by atoms with Gasteiger partial charge in [-0.15, -0.1) is 5.06 Å². The molecule has 1 aliphatic carbocycles. The van der Waals surface area contributed by atoms with Crippen LogP contribution in [0.4, 0.5) is 5.69 Å². The average Bonchev–Trinajstić information content (AvgIpc) is 3.51. The number of carboxylic acids is 1. The maximum Gasteiger partial charge on any atom is 0.363 e.